The van der Waals surface area contributed by atoms with Gasteiger partial charge < -0.3 is 10.6 Å². The molecule has 0 bridgehead atoms. The molecule has 1 heterocycles. The lowest BCUT2D eigenvalue weighted by Gasteiger charge is -2.14. The van der Waals surface area contributed by atoms with E-state index >= 15 is 0 Å². The van der Waals surface area contributed by atoms with Crippen molar-refractivity contribution in [1.82, 2.24) is 10.3 Å². The summed E-state index contributed by atoms with van der Waals surface area (Å²) in [7, 11) is 0. The molecule has 2 N–H and O–H groups in total. The average molecular weight is 311 g/mol. The van der Waals surface area contributed by atoms with Crippen LogP contribution in [0.5, 0.6) is 0 Å². The normalized spacial score (nSPS) is 21.3. The van der Waals surface area contributed by atoms with Crippen LogP contribution in [0.2, 0.25) is 0 Å². The van der Waals surface area contributed by atoms with E-state index in [4.69, 9.17) is 0 Å². The van der Waals surface area contributed by atoms with Crippen molar-refractivity contribution < 1.29 is 9.18 Å². The van der Waals surface area contributed by atoms with E-state index < -0.39 is 5.82 Å². The molecule has 0 saturated heterocycles. The van der Waals surface area contributed by atoms with Crippen LogP contribution in [0.4, 0.5) is 10.2 Å². The van der Waals surface area contributed by atoms with Gasteiger partial charge in [0.2, 0.25) is 0 Å². The minimum atomic E-state index is -0.575. The molecule has 1 aliphatic carbocycles. The molecule has 1 aromatic rings. The first-order chi connectivity index (χ1) is 10.2. The standard InChI is InChI=1S/C15H22FN3OS/c1-3-17-14-13(16)12(7-8-18-14)15(20)19-10-5-6-11(9-10)21-4-2/h7-8,10-11H,3-6,9H2,1-2H3,(H,17,18)(H,19,20). The van der Waals surface area contributed by atoms with Crippen LogP contribution in [0.3, 0.4) is 0 Å². The van der Waals surface area contributed by atoms with Gasteiger partial charge in [-0.1, -0.05) is 6.92 Å². The molecule has 4 nitrogen and oxygen atoms in total. The maximum atomic E-state index is 14.2. The Morgan fingerprint density at radius 1 is 1.48 bits per heavy atom. The minimum absolute atomic E-state index is 0.0625. The van der Waals surface area contributed by atoms with Gasteiger partial charge in [0, 0.05) is 24.0 Å². The molecule has 1 fully saturated rings. The molecule has 0 aliphatic heterocycles. The number of rotatable bonds is 6. The minimum Gasteiger partial charge on any atom is -0.368 e. The Kier molecular flexibility index (Phi) is 5.85. The van der Waals surface area contributed by atoms with Gasteiger partial charge in [0.1, 0.15) is 0 Å². The van der Waals surface area contributed by atoms with E-state index in [0.717, 1.165) is 25.0 Å². The summed E-state index contributed by atoms with van der Waals surface area (Å²) in [5.74, 6) is 0.308. The molecular formula is C15H22FN3OS. The molecular weight excluding hydrogens is 289 g/mol. The Labute approximate surface area is 129 Å². The van der Waals surface area contributed by atoms with Gasteiger partial charge in [0.15, 0.2) is 11.6 Å². The molecule has 1 aromatic heterocycles. The lowest BCUT2D eigenvalue weighted by molar-refractivity contribution is 0.0934. The molecule has 1 amide bonds. The van der Waals surface area contributed by atoms with Crippen LogP contribution >= 0.6 is 11.8 Å². The highest BCUT2D eigenvalue weighted by atomic mass is 32.2. The van der Waals surface area contributed by atoms with Gasteiger partial charge in [0.05, 0.1) is 5.56 Å². The van der Waals surface area contributed by atoms with Gasteiger partial charge in [-0.2, -0.15) is 11.8 Å². The lowest BCUT2D eigenvalue weighted by atomic mass is 10.2. The highest BCUT2D eigenvalue weighted by Gasteiger charge is 2.27. The fraction of sp³-hybridized carbons (Fsp3) is 0.600. The molecule has 116 valence electrons. The van der Waals surface area contributed by atoms with Crippen LogP contribution in [-0.4, -0.2) is 34.5 Å². The van der Waals surface area contributed by atoms with E-state index in [0.29, 0.717) is 11.8 Å². The van der Waals surface area contributed by atoms with Crippen molar-refractivity contribution in [3.63, 3.8) is 0 Å². The van der Waals surface area contributed by atoms with Gasteiger partial charge >= 0.3 is 0 Å². The van der Waals surface area contributed by atoms with Crippen molar-refractivity contribution in [3.05, 3.63) is 23.6 Å². The summed E-state index contributed by atoms with van der Waals surface area (Å²) < 4.78 is 14.2. The van der Waals surface area contributed by atoms with Crippen LogP contribution in [0.25, 0.3) is 0 Å². The summed E-state index contributed by atoms with van der Waals surface area (Å²) in [5.41, 5.74) is 0.0625. The number of amides is 1. The molecule has 1 aliphatic rings. The van der Waals surface area contributed by atoms with Gasteiger partial charge in [0.25, 0.3) is 5.91 Å². The SMILES string of the molecule is CCNc1nccc(C(=O)NC2CCC(SCC)C2)c1F. The number of nitrogens with zero attached hydrogens (tertiary/aromatic N) is 1. The Balaban J connectivity index is 1.99. The molecule has 1 saturated carbocycles. The lowest BCUT2D eigenvalue weighted by Crippen LogP contribution is -2.33. The van der Waals surface area contributed by atoms with Crippen molar-refractivity contribution in [2.45, 2.75) is 44.4 Å². The Bertz CT molecular complexity index is 498. The average Bonchev–Trinajstić information content (AvgIpc) is 2.89. The van der Waals surface area contributed by atoms with Gasteiger partial charge in [-0.15, -0.1) is 0 Å². The Hall–Kier alpha value is -1.30. The van der Waals surface area contributed by atoms with E-state index in [2.05, 4.69) is 22.5 Å². The molecule has 21 heavy (non-hydrogen) atoms. The maximum Gasteiger partial charge on any atom is 0.254 e. The zero-order valence-corrected chi connectivity index (χ0v) is 13.3. The van der Waals surface area contributed by atoms with Crippen LogP contribution < -0.4 is 10.6 Å². The van der Waals surface area contributed by atoms with E-state index in [1.807, 2.05) is 18.7 Å². The largest absolute Gasteiger partial charge is 0.368 e. The summed E-state index contributed by atoms with van der Waals surface area (Å²) >= 11 is 1.93. The number of carbonyl (C=O) groups is 1. The van der Waals surface area contributed by atoms with Crippen LogP contribution in [0.15, 0.2) is 12.3 Å². The Morgan fingerprint density at radius 3 is 3.00 bits per heavy atom. The quantitative estimate of drug-likeness (QED) is 0.848. The fourth-order valence-electron chi connectivity index (χ4n) is 2.63. The summed E-state index contributed by atoms with van der Waals surface area (Å²) in [6, 6.07) is 1.58. The molecule has 0 aromatic carbocycles. The number of anilines is 1. The first-order valence-corrected chi connectivity index (χ1v) is 8.51. The van der Waals surface area contributed by atoms with Crippen molar-refractivity contribution >= 4 is 23.5 Å². The number of hydrogen-bond donors (Lipinski definition) is 2. The highest BCUT2D eigenvalue weighted by Crippen LogP contribution is 2.30. The van der Waals surface area contributed by atoms with Crippen LogP contribution in [0.1, 0.15) is 43.5 Å². The zero-order chi connectivity index (χ0) is 15.2. The molecule has 6 heteroatoms. The van der Waals surface area contributed by atoms with Crippen molar-refractivity contribution in [3.8, 4) is 0 Å². The number of pyridine rings is 1. The molecule has 2 rings (SSSR count). The van der Waals surface area contributed by atoms with Gasteiger partial charge in [-0.05, 0) is 38.0 Å². The maximum absolute atomic E-state index is 14.2. The third-order valence-electron chi connectivity index (χ3n) is 3.60. The number of nitrogens with one attached hydrogen (secondary N) is 2. The third kappa shape index (κ3) is 4.09. The fourth-order valence-corrected chi connectivity index (χ4v) is 3.77. The van der Waals surface area contributed by atoms with Crippen molar-refractivity contribution in [1.29, 1.82) is 0 Å². The summed E-state index contributed by atoms with van der Waals surface area (Å²) in [4.78, 5) is 16.1. The number of hydrogen-bond acceptors (Lipinski definition) is 4. The van der Waals surface area contributed by atoms with Gasteiger partial charge in [-0.3, -0.25) is 4.79 Å². The summed E-state index contributed by atoms with van der Waals surface area (Å²) in [5, 5.41) is 6.38. The zero-order valence-electron chi connectivity index (χ0n) is 12.5. The van der Waals surface area contributed by atoms with E-state index in [-0.39, 0.29) is 23.3 Å². The molecule has 2 unspecified atom stereocenters. The van der Waals surface area contributed by atoms with Crippen LogP contribution in [0, 0.1) is 5.82 Å². The van der Waals surface area contributed by atoms with Crippen LogP contribution in [-0.2, 0) is 0 Å². The second-order valence-electron chi connectivity index (χ2n) is 5.11. The number of carbonyl (C=O) groups excluding carboxylic acids is 1. The first-order valence-electron chi connectivity index (χ1n) is 7.46. The number of thioether (sulfide) groups is 1. The number of aromatic nitrogens is 1. The second-order valence-corrected chi connectivity index (χ2v) is 6.69. The predicted octanol–water partition coefficient (Wildman–Crippen LogP) is 3.06. The smallest absolute Gasteiger partial charge is 0.254 e. The molecule has 0 spiro atoms. The van der Waals surface area contributed by atoms with E-state index in [9.17, 15) is 9.18 Å². The first kappa shape index (κ1) is 16.1. The topological polar surface area (TPSA) is 54.0 Å². The predicted molar refractivity (Wildman–Crippen MR) is 85.4 cm³/mol. The molecule has 2 atom stereocenters. The van der Waals surface area contributed by atoms with Gasteiger partial charge in [-0.25, -0.2) is 9.37 Å². The number of halogens is 1. The Morgan fingerprint density at radius 2 is 2.29 bits per heavy atom. The summed E-state index contributed by atoms with van der Waals surface area (Å²) in [6.45, 7) is 4.57. The monoisotopic (exact) mass is 311 g/mol. The van der Waals surface area contributed by atoms with E-state index in [1.54, 1.807) is 0 Å². The highest BCUT2D eigenvalue weighted by molar-refractivity contribution is 7.99. The third-order valence-corrected chi connectivity index (χ3v) is 4.83. The second kappa shape index (κ2) is 7.64. The van der Waals surface area contributed by atoms with Crippen molar-refractivity contribution in [2.75, 3.05) is 17.6 Å². The van der Waals surface area contributed by atoms with E-state index in [1.165, 1.54) is 12.3 Å². The van der Waals surface area contributed by atoms with Crippen molar-refractivity contribution in [2.24, 2.45) is 0 Å². The summed E-state index contributed by atoms with van der Waals surface area (Å²) in [6.07, 6.45) is 4.51. The molecule has 0 radical (unpaired) electrons.